The number of hydrogen-bond acceptors (Lipinski definition) is 4. The molecular formula is C22H33IN4O3S. The second-order valence-corrected chi connectivity index (χ2v) is 8.71. The molecule has 2 rings (SSSR count). The summed E-state index contributed by atoms with van der Waals surface area (Å²) in [4.78, 5) is 6.94. The summed E-state index contributed by atoms with van der Waals surface area (Å²) in [6.45, 7) is 5.80. The number of allylic oxidation sites excluding steroid dienone is 1. The molecule has 1 aromatic heterocycles. The quantitative estimate of drug-likeness (QED) is 0.135. The molecule has 172 valence electrons. The van der Waals surface area contributed by atoms with Crippen LogP contribution in [0.1, 0.15) is 37.0 Å². The standard InChI is InChI=1S/C22H32N4O3S.HI/c1-3-4-5-6-7-16-26(2)22(24-15-14-20-9-8-17-29-20)25-18-19-10-12-21(13-11-19)30(23,27)28;/h3,8-13,17H,1,4-7,14-16,18H2,2H3,(H,24,25)(H2,23,27,28);1H. The summed E-state index contributed by atoms with van der Waals surface area (Å²) in [6.07, 6.45) is 8.80. The molecular weight excluding hydrogens is 527 g/mol. The number of unbranched alkanes of at least 4 members (excludes halogenated alkanes) is 3. The van der Waals surface area contributed by atoms with Crippen molar-refractivity contribution in [2.75, 3.05) is 20.1 Å². The Morgan fingerprint density at radius 3 is 2.58 bits per heavy atom. The first-order valence-corrected chi connectivity index (χ1v) is 11.7. The molecule has 0 aliphatic carbocycles. The SMILES string of the molecule is C=CCCCCCN(C)C(=NCc1ccc(S(N)(=O)=O)cc1)NCCc1ccco1.I. The van der Waals surface area contributed by atoms with E-state index in [2.05, 4.69) is 16.8 Å². The third kappa shape index (κ3) is 10.3. The molecule has 0 fully saturated rings. The predicted molar refractivity (Wildman–Crippen MR) is 136 cm³/mol. The number of nitrogens with zero attached hydrogens (tertiary/aromatic N) is 2. The number of sulfonamides is 1. The Morgan fingerprint density at radius 1 is 1.23 bits per heavy atom. The van der Waals surface area contributed by atoms with E-state index in [1.807, 2.05) is 25.3 Å². The first-order chi connectivity index (χ1) is 14.4. The monoisotopic (exact) mass is 560 g/mol. The van der Waals surface area contributed by atoms with Gasteiger partial charge in [-0.25, -0.2) is 18.5 Å². The Bertz CT molecular complexity index is 897. The highest BCUT2D eigenvalue weighted by Gasteiger charge is 2.09. The molecule has 0 amide bonds. The summed E-state index contributed by atoms with van der Waals surface area (Å²) in [7, 11) is -1.66. The molecule has 7 nitrogen and oxygen atoms in total. The van der Waals surface area contributed by atoms with Crippen molar-refractivity contribution in [3.8, 4) is 0 Å². The van der Waals surface area contributed by atoms with E-state index in [9.17, 15) is 8.42 Å². The summed E-state index contributed by atoms with van der Waals surface area (Å²) in [6, 6.07) is 10.3. The highest BCUT2D eigenvalue weighted by Crippen LogP contribution is 2.10. The molecule has 1 aromatic carbocycles. The zero-order valence-electron chi connectivity index (χ0n) is 18.0. The Hall–Kier alpha value is -1.85. The van der Waals surface area contributed by atoms with Crippen molar-refractivity contribution in [1.82, 2.24) is 10.2 Å². The third-order valence-electron chi connectivity index (χ3n) is 4.66. The smallest absolute Gasteiger partial charge is 0.238 e. The highest BCUT2D eigenvalue weighted by molar-refractivity contribution is 14.0. The number of hydrogen-bond donors (Lipinski definition) is 2. The molecule has 0 aliphatic heterocycles. The normalized spacial score (nSPS) is 11.6. The second-order valence-electron chi connectivity index (χ2n) is 7.14. The maximum atomic E-state index is 11.4. The lowest BCUT2D eigenvalue weighted by Gasteiger charge is -2.22. The molecule has 3 N–H and O–H groups in total. The van der Waals surface area contributed by atoms with Gasteiger partial charge in [-0.15, -0.1) is 30.6 Å². The number of primary sulfonamides is 1. The Labute approximate surface area is 202 Å². The molecule has 0 bridgehead atoms. The number of nitrogens with two attached hydrogens (primary N) is 1. The molecule has 2 aromatic rings. The summed E-state index contributed by atoms with van der Waals surface area (Å²) in [5, 5.41) is 8.56. The van der Waals surface area contributed by atoms with Crippen LogP contribution in [0.5, 0.6) is 0 Å². The Balaban J connectivity index is 0.00000480. The van der Waals surface area contributed by atoms with Crippen LogP contribution in [-0.2, 0) is 23.0 Å². The molecule has 0 radical (unpaired) electrons. The van der Waals surface area contributed by atoms with E-state index < -0.39 is 10.0 Å². The number of benzene rings is 1. The van der Waals surface area contributed by atoms with E-state index in [1.54, 1.807) is 18.4 Å². The highest BCUT2D eigenvalue weighted by atomic mass is 127. The van der Waals surface area contributed by atoms with Gasteiger partial charge in [-0.2, -0.15) is 0 Å². The van der Waals surface area contributed by atoms with Gasteiger partial charge in [-0.05, 0) is 49.1 Å². The van der Waals surface area contributed by atoms with E-state index >= 15 is 0 Å². The number of halogens is 1. The van der Waals surface area contributed by atoms with Gasteiger partial charge in [0.1, 0.15) is 5.76 Å². The van der Waals surface area contributed by atoms with E-state index in [1.165, 1.54) is 12.1 Å². The Morgan fingerprint density at radius 2 is 1.97 bits per heavy atom. The van der Waals surface area contributed by atoms with Crippen molar-refractivity contribution in [2.45, 2.75) is 43.5 Å². The van der Waals surface area contributed by atoms with Crippen LogP contribution >= 0.6 is 24.0 Å². The number of rotatable bonds is 12. The molecule has 1 heterocycles. The van der Waals surface area contributed by atoms with Gasteiger partial charge < -0.3 is 14.6 Å². The molecule has 0 saturated heterocycles. The van der Waals surface area contributed by atoms with Crippen molar-refractivity contribution in [2.24, 2.45) is 10.1 Å². The van der Waals surface area contributed by atoms with E-state index in [0.29, 0.717) is 13.1 Å². The lowest BCUT2D eigenvalue weighted by molar-refractivity contribution is 0.450. The first kappa shape index (κ1) is 27.2. The lowest BCUT2D eigenvalue weighted by Crippen LogP contribution is -2.40. The van der Waals surface area contributed by atoms with Gasteiger partial charge in [0.2, 0.25) is 10.0 Å². The van der Waals surface area contributed by atoms with E-state index in [-0.39, 0.29) is 28.9 Å². The van der Waals surface area contributed by atoms with Crippen LogP contribution < -0.4 is 10.5 Å². The van der Waals surface area contributed by atoms with Crippen LogP contribution in [0.3, 0.4) is 0 Å². The fourth-order valence-corrected chi connectivity index (χ4v) is 3.45. The summed E-state index contributed by atoms with van der Waals surface area (Å²) >= 11 is 0. The number of furan rings is 1. The van der Waals surface area contributed by atoms with Crippen LogP contribution in [0.25, 0.3) is 0 Å². The Kier molecular flexibility index (Phi) is 12.5. The van der Waals surface area contributed by atoms with Gasteiger partial charge in [0.05, 0.1) is 17.7 Å². The molecule has 0 unspecified atom stereocenters. The van der Waals surface area contributed by atoms with Crippen molar-refractivity contribution in [1.29, 1.82) is 0 Å². The fourth-order valence-electron chi connectivity index (χ4n) is 2.93. The van der Waals surface area contributed by atoms with Crippen LogP contribution in [0.4, 0.5) is 0 Å². The summed E-state index contributed by atoms with van der Waals surface area (Å²) in [5.74, 6) is 1.73. The minimum atomic E-state index is -3.69. The second kappa shape index (κ2) is 14.3. The van der Waals surface area contributed by atoms with E-state index in [0.717, 1.165) is 55.9 Å². The minimum absolute atomic E-state index is 0. The largest absolute Gasteiger partial charge is 0.469 e. The van der Waals surface area contributed by atoms with Gasteiger partial charge in [-0.3, -0.25) is 0 Å². The average molecular weight is 561 g/mol. The van der Waals surface area contributed by atoms with Gasteiger partial charge in [0, 0.05) is 26.6 Å². The topological polar surface area (TPSA) is 101 Å². The van der Waals surface area contributed by atoms with Gasteiger partial charge in [0.15, 0.2) is 5.96 Å². The predicted octanol–water partition coefficient (Wildman–Crippen LogP) is 3.91. The van der Waals surface area contributed by atoms with E-state index in [4.69, 9.17) is 14.5 Å². The van der Waals surface area contributed by atoms with Crippen molar-refractivity contribution < 1.29 is 12.8 Å². The van der Waals surface area contributed by atoms with Crippen molar-refractivity contribution in [3.05, 3.63) is 66.6 Å². The molecule has 9 heteroatoms. The zero-order valence-corrected chi connectivity index (χ0v) is 21.1. The number of aliphatic imine (C=N–C) groups is 1. The number of guanidine groups is 1. The van der Waals surface area contributed by atoms with Gasteiger partial charge in [-0.1, -0.05) is 24.6 Å². The van der Waals surface area contributed by atoms with Gasteiger partial charge in [0.25, 0.3) is 0 Å². The summed E-state index contributed by atoms with van der Waals surface area (Å²) < 4.78 is 28.2. The molecule has 0 spiro atoms. The average Bonchev–Trinajstić information content (AvgIpc) is 3.23. The van der Waals surface area contributed by atoms with Crippen LogP contribution in [0, 0.1) is 0 Å². The van der Waals surface area contributed by atoms with Crippen LogP contribution in [0.15, 0.2) is 69.6 Å². The van der Waals surface area contributed by atoms with Crippen LogP contribution in [-0.4, -0.2) is 39.4 Å². The maximum Gasteiger partial charge on any atom is 0.238 e. The fraction of sp³-hybridized carbons (Fsp3) is 0.409. The van der Waals surface area contributed by atoms with Crippen molar-refractivity contribution in [3.63, 3.8) is 0 Å². The lowest BCUT2D eigenvalue weighted by atomic mass is 10.2. The molecule has 0 aliphatic rings. The third-order valence-corrected chi connectivity index (χ3v) is 5.59. The van der Waals surface area contributed by atoms with Crippen LogP contribution in [0.2, 0.25) is 0 Å². The van der Waals surface area contributed by atoms with Crippen molar-refractivity contribution >= 4 is 40.0 Å². The summed E-state index contributed by atoms with van der Waals surface area (Å²) in [5.41, 5.74) is 0.909. The van der Waals surface area contributed by atoms with Gasteiger partial charge >= 0.3 is 0 Å². The first-order valence-electron chi connectivity index (χ1n) is 10.1. The molecule has 31 heavy (non-hydrogen) atoms. The zero-order chi connectivity index (χ0) is 21.8. The molecule has 0 saturated carbocycles. The number of nitrogens with one attached hydrogen (secondary N) is 1. The maximum absolute atomic E-state index is 11.4. The minimum Gasteiger partial charge on any atom is -0.469 e. The molecule has 0 atom stereocenters.